The van der Waals surface area contributed by atoms with Crippen LogP contribution in [0.4, 0.5) is 0 Å². The summed E-state index contributed by atoms with van der Waals surface area (Å²) in [7, 11) is 0. The quantitative estimate of drug-likeness (QED) is 0.171. The van der Waals surface area contributed by atoms with Crippen LogP contribution in [0, 0.1) is 6.92 Å². The van der Waals surface area contributed by atoms with Gasteiger partial charge in [0.2, 0.25) is 0 Å². The zero-order chi connectivity index (χ0) is 25.5. The third kappa shape index (κ3) is 6.14. The second-order valence-corrected chi connectivity index (χ2v) is 9.67. The first-order valence-corrected chi connectivity index (χ1v) is 13.1. The molecule has 0 radical (unpaired) electrons. The second kappa shape index (κ2) is 12.4. The zero-order valence-electron chi connectivity index (χ0n) is 21.0. The molecule has 1 aliphatic rings. The van der Waals surface area contributed by atoms with Gasteiger partial charge in [-0.3, -0.25) is 9.59 Å². The van der Waals surface area contributed by atoms with Crippen molar-refractivity contribution in [2.75, 3.05) is 32.8 Å². The van der Waals surface area contributed by atoms with Gasteiger partial charge in [0, 0.05) is 23.1 Å². The summed E-state index contributed by atoms with van der Waals surface area (Å²) in [5.41, 5.74) is 2.26. The topological polar surface area (TPSA) is 70.1 Å². The number of likely N-dealkylation sites (N-methyl/N-ethyl adjacent to an activating group) is 1. The van der Waals surface area contributed by atoms with Gasteiger partial charge >= 0.3 is 0 Å². The van der Waals surface area contributed by atoms with Crippen LogP contribution < -0.4 is 4.74 Å². The Bertz CT molecular complexity index is 1080. The fraction of sp³-hybridized carbons (Fsp3) is 0.429. The van der Waals surface area contributed by atoms with Gasteiger partial charge in [0.05, 0.1) is 18.2 Å². The molecule has 0 bridgehead atoms. The van der Waals surface area contributed by atoms with E-state index in [1.165, 1.54) is 0 Å². The number of hydrogen-bond donors (Lipinski definition) is 1. The standard InChI is InChI=1S/C28H35BrN2O4/c1-5-8-17-35-23-14-11-21(18-19(23)4)26(32)24-25(20-9-12-22(29)13-10-20)31(28(34)27(24)33)16-15-30(6-2)7-3/h9-14,18,25,32H,5-8,15-17H2,1-4H3/b26-24+. The van der Waals surface area contributed by atoms with Crippen molar-refractivity contribution >= 4 is 33.4 Å². The van der Waals surface area contributed by atoms with Crippen LogP contribution in [0.3, 0.4) is 0 Å². The number of carbonyl (C=O) groups excluding carboxylic acids is 2. The summed E-state index contributed by atoms with van der Waals surface area (Å²) in [6.45, 7) is 11.5. The van der Waals surface area contributed by atoms with Crippen molar-refractivity contribution in [3.05, 3.63) is 69.2 Å². The number of carbonyl (C=O) groups is 2. The van der Waals surface area contributed by atoms with E-state index in [-0.39, 0.29) is 11.3 Å². The SMILES string of the molecule is CCCCOc1ccc(/C(O)=C2\C(=O)C(=O)N(CCN(CC)CC)C2c2ccc(Br)cc2)cc1C. The number of ketones is 1. The number of likely N-dealkylation sites (tertiary alicyclic amines) is 1. The number of amides is 1. The Balaban J connectivity index is 2.03. The summed E-state index contributed by atoms with van der Waals surface area (Å²) < 4.78 is 6.73. The number of rotatable bonds is 11. The molecule has 3 rings (SSSR count). The third-order valence-corrected chi connectivity index (χ3v) is 7.01. The molecule has 6 nitrogen and oxygen atoms in total. The maximum atomic E-state index is 13.2. The molecule has 188 valence electrons. The molecule has 0 aromatic heterocycles. The number of ether oxygens (including phenoxy) is 1. The van der Waals surface area contributed by atoms with Crippen LogP contribution in [0.2, 0.25) is 0 Å². The minimum absolute atomic E-state index is 0.121. The second-order valence-electron chi connectivity index (χ2n) is 8.75. The van der Waals surface area contributed by atoms with E-state index in [9.17, 15) is 14.7 Å². The van der Waals surface area contributed by atoms with E-state index in [1.807, 2.05) is 37.3 Å². The van der Waals surface area contributed by atoms with E-state index < -0.39 is 17.7 Å². The summed E-state index contributed by atoms with van der Waals surface area (Å²) in [5, 5.41) is 11.3. The van der Waals surface area contributed by atoms with E-state index in [0.717, 1.165) is 47.3 Å². The van der Waals surface area contributed by atoms with Crippen molar-refractivity contribution in [3.8, 4) is 5.75 Å². The number of aliphatic hydroxyl groups excluding tert-OH is 1. The largest absolute Gasteiger partial charge is 0.507 e. The smallest absolute Gasteiger partial charge is 0.295 e. The van der Waals surface area contributed by atoms with Gasteiger partial charge in [-0.05, 0) is 67.9 Å². The highest BCUT2D eigenvalue weighted by Crippen LogP contribution is 2.40. The third-order valence-electron chi connectivity index (χ3n) is 6.48. The minimum atomic E-state index is -0.657. The lowest BCUT2D eigenvalue weighted by Gasteiger charge is -2.28. The van der Waals surface area contributed by atoms with Gasteiger partial charge in [-0.2, -0.15) is 0 Å². The molecular weight excluding hydrogens is 508 g/mol. The van der Waals surface area contributed by atoms with Gasteiger partial charge in [0.1, 0.15) is 11.5 Å². The monoisotopic (exact) mass is 542 g/mol. The summed E-state index contributed by atoms with van der Waals surface area (Å²) in [4.78, 5) is 30.2. The number of aliphatic hydroxyl groups is 1. The lowest BCUT2D eigenvalue weighted by atomic mass is 9.95. The van der Waals surface area contributed by atoms with Crippen LogP contribution in [0.15, 0.2) is 52.5 Å². The Hall–Kier alpha value is -2.64. The minimum Gasteiger partial charge on any atom is -0.507 e. The molecule has 1 amide bonds. The molecule has 1 aliphatic heterocycles. The fourth-order valence-electron chi connectivity index (χ4n) is 4.33. The van der Waals surface area contributed by atoms with Crippen LogP contribution in [-0.2, 0) is 9.59 Å². The van der Waals surface area contributed by atoms with Crippen molar-refractivity contribution in [1.82, 2.24) is 9.80 Å². The summed E-state index contributed by atoms with van der Waals surface area (Å²) in [5.74, 6) is -0.650. The predicted octanol–water partition coefficient (Wildman–Crippen LogP) is 5.70. The van der Waals surface area contributed by atoms with E-state index in [4.69, 9.17) is 4.74 Å². The van der Waals surface area contributed by atoms with Crippen molar-refractivity contribution in [2.24, 2.45) is 0 Å². The normalized spacial score (nSPS) is 17.4. The van der Waals surface area contributed by atoms with Crippen LogP contribution in [0.5, 0.6) is 5.75 Å². The van der Waals surface area contributed by atoms with Crippen LogP contribution in [-0.4, -0.2) is 59.4 Å². The molecule has 7 heteroatoms. The molecule has 1 atom stereocenters. The highest BCUT2D eigenvalue weighted by Gasteiger charge is 2.46. The van der Waals surface area contributed by atoms with Gasteiger partial charge in [0.25, 0.3) is 11.7 Å². The van der Waals surface area contributed by atoms with Gasteiger partial charge < -0.3 is 19.6 Å². The number of Topliss-reactive ketones (excluding diaryl/α,β-unsaturated/α-hetero) is 1. The van der Waals surface area contributed by atoms with Crippen LogP contribution in [0.25, 0.3) is 5.76 Å². The Morgan fingerprint density at radius 3 is 2.37 bits per heavy atom. The molecule has 1 unspecified atom stereocenters. The lowest BCUT2D eigenvalue weighted by Crippen LogP contribution is -2.38. The first-order chi connectivity index (χ1) is 16.8. The molecule has 0 aliphatic carbocycles. The van der Waals surface area contributed by atoms with Crippen LogP contribution in [0.1, 0.15) is 56.3 Å². The maximum Gasteiger partial charge on any atom is 0.295 e. The Kier molecular flexibility index (Phi) is 9.52. The van der Waals surface area contributed by atoms with Gasteiger partial charge in [-0.1, -0.05) is 55.3 Å². The molecule has 0 saturated carbocycles. The summed E-state index contributed by atoms with van der Waals surface area (Å²) in [6.07, 6.45) is 2.01. The van der Waals surface area contributed by atoms with Crippen molar-refractivity contribution in [2.45, 2.75) is 46.6 Å². The average molecular weight is 544 g/mol. The first-order valence-electron chi connectivity index (χ1n) is 12.3. The first kappa shape index (κ1) is 27.0. The number of halogens is 1. The Morgan fingerprint density at radius 2 is 1.77 bits per heavy atom. The molecule has 2 aromatic rings. The lowest BCUT2D eigenvalue weighted by molar-refractivity contribution is -0.140. The van der Waals surface area contributed by atoms with E-state index in [0.29, 0.717) is 25.3 Å². The number of nitrogens with zero attached hydrogens (tertiary/aromatic N) is 2. The van der Waals surface area contributed by atoms with E-state index >= 15 is 0 Å². The Morgan fingerprint density at radius 1 is 1.09 bits per heavy atom. The maximum absolute atomic E-state index is 13.2. The number of unbranched alkanes of at least 4 members (excludes halogenated alkanes) is 1. The molecule has 1 heterocycles. The van der Waals surface area contributed by atoms with Gasteiger partial charge in [-0.15, -0.1) is 0 Å². The predicted molar refractivity (Wildman–Crippen MR) is 143 cm³/mol. The number of hydrogen-bond acceptors (Lipinski definition) is 5. The fourth-order valence-corrected chi connectivity index (χ4v) is 4.60. The van der Waals surface area contributed by atoms with E-state index in [1.54, 1.807) is 17.0 Å². The summed E-state index contributed by atoms with van der Waals surface area (Å²) >= 11 is 3.45. The molecule has 1 saturated heterocycles. The molecule has 2 aromatic carbocycles. The molecule has 1 fully saturated rings. The van der Waals surface area contributed by atoms with Crippen molar-refractivity contribution in [3.63, 3.8) is 0 Å². The highest BCUT2D eigenvalue weighted by molar-refractivity contribution is 9.10. The Labute approximate surface area is 216 Å². The molecular formula is C28H35BrN2O4. The summed E-state index contributed by atoms with van der Waals surface area (Å²) in [6, 6.07) is 12.2. The van der Waals surface area contributed by atoms with Crippen LogP contribution >= 0.6 is 15.9 Å². The zero-order valence-corrected chi connectivity index (χ0v) is 22.6. The average Bonchev–Trinajstić information content (AvgIpc) is 3.10. The number of aryl methyl sites for hydroxylation is 1. The highest BCUT2D eigenvalue weighted by atomic mass is 79.9. The number of benzene rings is 2. The van der Waals surface area contributed by atoms with Crippen molar-refractivity contribution < 1.29 is 19.4 Å². The molecule has 1 N–H and O–H groups in total. The van der Waals surface area contributed by atoms with E-state index in [2.05, 4.69) is 41.6 Å². The van der Waals surface area contributed by atoms with Crippen molar-refractivity contribution in [1.29, 1.82) is 0 Å². The van der Waals surface area contributed by atoms with Gasteiger partial charge in [0.15, 0.2) is 0 Å². The van der Waals surface area contributed by atoms with Gasteiger partial charge in [-0.25, -0.2) is 0 Å². The molecule has 0 spiro atoms. The molecule has 35 heavy (non-hydrogen) atoms.